The fourth-order valence-corrected chi connectivity index (χ4v) is 2.31. The fourth-order valence-electron chi connectivity index (χ4n) is 2.13. The van der Waals surface area contributed by atoms with Crippen LogP contribution in [-0.2, 0) is 9.53 Å². The number of hydrogen-bond acceptors (Lipinski definition) is 6. The van der Waals surface area contributed by atoms with Crippen molar-refractivity contribution in [3.63, 3.8) is 0 Å². The largest absolute Gasteiger partial charge is 0.496 e. The Labute approximate surface area is 153 Å². The van der Waals surface area contributed by atoms with Crippen molar-refractivity contribution in [1.29, 1.82) is 0 Å². The predicted octanol–water partition coefficient (Wildman–Crippen LogP) is 3.36. The minimum Gasteiger partial charge on any atom is -0.496 e. The summed E-state index contributed by atoms with van der Waals surface area (Å²) < 4.78 is 9.97. The number of nitrogens with zero attached hydrogens (tertiary/aromatic N) is 1. The molecule has 0 aliphatic rings. The van der Waals surface area contributed by atoms with Crippen molar-refractivity contribution in [2.75, 3.05) is 19.0 Å². The number of nitrogens with one attached hydrogen (secondary N) is 1. The van der Waals surface area contributed by atoms with Gasteiger partial charge in [-0.2, -0.15) is 0 Å². The third-order valence-corrected chi connectivity index (χ3v) is 3.57. The van der Waals surface area contributed by atoms with Crippen molar-refractivity contribution in [2.45, 2.75) is 6.92 Å². The molecule has 2 aromatic carbocycles. The molecule has 1 N–H and O–H groups in total. The van der Waals surface area contributed by atoms with E-state index < -0.39 is 23.4 Å². The Morgan fingerprint density at radius 1 is 1.23 bits per heavy atom. The normalized spacial score (nSPS) is 10.1. The maximum Gasteiger partial charge on any atom is 0.342 e. The molecule has 0 spiro atoms. The summed E-state index contributed by atoms with van der Waals surface area (Å²) in [5.41, 5.74) is 0.506. The zero-order valence-electron chi connectivity index (χ0n) is 13.9. The summed E-state index contributed by atoms with van der Waals surface area (Å²) in [5, 5.41) is 13.7. The lowest BCUT2D eigenvalue weighted by molar-refractivity contribution is -0.384. The second-order valence-corrected chi connectivity index (χ2v) is 5.68. The van der Waals surface area contributed by atoms with Crippen LogP contribution in [0.4, 0.5) is 11.4 Å². The number of anilines is 1. The Hall–Kier alpha value is -3.13. The number of aryl methyl sites for hydroxylation is 1. The highest BCUT2D eigenvalue weighted by atomic mass is 35.5. The summed E-state index contributed by atoms with van der Waals surface area (Å²) in [6, 6.07) is 8.75. The number of nitro benzene ring substituents is 1. The van der Waals surface area contributed by atoms with Gasteiger partial charge in [-0.15, -0.1) is 0 Å². The molecule has 0 saturated heterocycles. The molecule has 2 rings (SSSR count). The highest BCUT2D eigenvalue weighted by Crippen LogP contribution is 2.26. The molecule has 136 valence electrons. The Kier molecular flexibility index (Phi) is 6.13. The van der Waals surface area contributed by atoms with E-state index in [1.165, 1.54) is 31.4 Å². The molecule has 0 unspecified atom stereocenters. The van der Waals surface area contributed by atoms with Crippen LogP contribution in [0.5, 0.6) is 5.75 Å². The summed E-state index contributed by atoms with van der Waals surface area (Å²) >= 11 is 5.84. The second kappa shape index (κ2) is 8.30. The molecule has 0 aliphatic carbocycles. The Morgan fingerprint density at radius 2 is 1.96 bits per heavy atom. The smallest absolute Gasteiger partial charge is 0.342 e. The number of carbonyl (C=O) groups is 2. The Morgan fingerprint density at radius 3 is 2.62 bits per heavy atom. The van der Waals surface area contributed by atoms with Gasteiger partial charge in [-0.3, -0.25) is 14.9 Å². The van der Waals surface area contributed by atoms with Crippen molar-refractivity contribution in [2.24, 2.45) is 0 Å². The van der Waals surface area contributed by atoms with Crippen LogP contribution in [0.15, 0.2) is 36.4 Å². The third kappa shape index (κ3) is 4.70. The standard InChI is InChI=1S/C17H15ClN2O6/c1-10-3-5-13(14(7-10)20(23)24)19-16(21)9-26-17(22)12-8-11(18)4-6-15(12)25-2/h3-8H,9H2,1-2H3,(H,19,21). The van der Waals surface area contributed by atoms with Gasteiger partial charge in [0.15, 0.2) is 6.61 Å². The third-order valence-electron chi connectivity index (χ3n) is 3.34. The van der Waals surface area contributed by atoms with Crippen LogP contribution >= 0.6 is 11.6 Å². The average molecular weight is 379 g/mol. The SMILES string of the molecule is COc1ccc(Cl)cc1C(=O)OCC(=O)Nc1ccc(C)cc1[N+](=O)[O-]. The van der Waals surface area contributed by atoms with Crippen LogP contribution < -0.4 is 10.1 Å². The van der Waals surface area contributed by atoms with Crippen LogP contribution in [0.2, 0.25) is 5.02 Å². The molecular weight excluding hydrogens is 364 g/mol. The first-order valence-electron chi connectivity index (χ1n) is 7.37. The highest BCUT2D eigenvalue weighted by Gasteiger charge is 2.19. The van der Waals surface area contributed by atoms with E-state index >= 15 is 0 Å². The molecule has 9 heteroatoms. The maximum absolute atomic E-state index is 12.1. The van der Waals surface area contributed by atoms with E-state index in [0.717, 1.165) is 0 Å². The zero-order valence-corrected chi connectivity index (χ0v) is 14.7. The predicted molar refractivity (Wildman–Crippen MR) is 94.7 cm³/mol. The number of nitro groups is 1. The molecule has 0 bridgehead atoms. The first kappa shape index (κ1) is 19.2. The molecule has 0 saturated carbocycles. The van der Waals surface area contributed by atoms with E-state index in [9.17, 15) is 19.7 Å². The van der Waals surface area contributed by atoms with Crippen molar-refractivity contribution >= 4 is 34.9 Å². The van der Waals surface area contributed by atoms with E-state index in [2.05, 4.69) is 5.32 Å². The van der Waals surface area contributed by atoms with Crippen LogP contribution in [0.25, 0.3) is 0 Å². The molecule has 0 atom stereocenters. The van der Waals surface area contributed by atoms with Crippen LogP contribution in [-0.4, -0.2) is 30.5 Å². The Balaban J connectivity index is 2.05. The van der Waals surface area contributed by atoms with Crippen molar-refractivity contribution in [3.05, 3.63) is 62.7 Å². The van der Waals surface area contributed by atoms with Gasteiger partial charge in [0.2, 0.25) is 0 Å². The molecule has 2 aromatic rings. The number of rotatable bonds is 6. The molecule has 0 radical (unpaired) electrons. The number of esters is 1. The van der Waals surface area contributed by atoms with Gasteiger partial charge in [-0.1, -0.05) is 17.7 Å². The Bertz CT molecular complexity index is 868. The molecule has 1 amide bonds. The monoisotopic (exact) mass is 378 g/mol. The molecule has 0 heterocycles. The van der Waals surface area contributed by atoms with E-state index in [-0.39, 0.29) is 22.7 Å². The number of halogens is 1. The van der Waals surface area contributed by atoms with Crippen molar-refractivity contribution in [3.8, 4) is 5.75 Å². The van der Waals surface area contributed by atoms with E-state index in [1.807, 2.05) is 0 Å². The highest BCUT2D eigenvalue weighted by molar-refractivity contribution is 6.31. The molecule has 8 nitrogen and oxygen atoms in total. The van der Waals surface area contributed by atoms with E-state index in [4.69, 9.17) is 21.1 Å². The summed E-state index contributed by atoms with van der Waals surface area (Å²) in [6.45, 7) is 1.07. The number of hydrogen-bond donors (Lipinski definition) is 1. The van der Waals surface area contributed by atoms with Crippen LogP contribution in [0, 0.1) is 17.0 Å². The molecular formula is C17H15ClN2O6. The number of ether oxygens (including phenoxy) is 2. The zero-order chi connectivity index (χ0) is 19.3. The number of amides is 1. The van der Waals surface area contributed by atoms with Gasteiger partial charge in [-0.05, 0) is 36.8 Å². The number of benzene rings is 2. The fraction of sp³-hybridized carbons (Fsp3) is 0.176. The number of carbonyl (C=O) groups excluding carboxylic acids is 2. The minimum absolute atomic E-state index is 0.0157. The van der Waals surface area contributed by atoms with E-state index in [1.54, 1.807) is 19.1 Å². The number of methoxy groups -OCH3 is 1. The molecule has 0 fully saturated rings. The summed E-state index contributed by atoms with van der Waals surface area (Å²) in [4.78, 5) is 34.5. The van der Waals surface area contributed by atoms with Gasteiger partial charge >= 0.3 is 5.97 Å². The topological polar surface area (TPSA) is 108 Å². The average Bonchev–Trinajstić information content (AvgIpc) is 2.61. The maximum atomic E-state index is 12.1. The van der Waals surface area contributed by atoms with Gasteiger partial charge in [0, 0.05) is 11.1 Å². The van der Waals surface area contributed by atoms with Gasteiger partial charge in [0.25, 0.3) is 11.6 Å². The lowest BCUT2D eigenvalue weighted by atomic mass is 10.2. The summed E-state index contributed by atoms with van der Waals surface area (Å²) in [7, 11) is 1.38. The summed E-state index contributed by atoms with van der Waals surface area (Å²) in [5.74, 6) is -1.28. The van der Waals surface area contributed by atoms with Crippen LogP contribution in [0.1, 0.15) is 15.9 Å². The first-order valence-corrected chi connectivity index (χ1v) is 7.75. The second-order valence-electron chi connectivity index (χ2n) is 5.25. The van der Waals surface area contributed by atoms with E-state index in [0.29, 0.717) is 10.6 Å². The van der Waals surface area contributed by atoms with Gasteiger partial charge in [0.1, 0.15) is 17.0 Å². The van der Waals surface area contributed by atoms with Crippen molar-refractivity contribution < 1.29 is 24.0 Å². The van der Waals surface area contributed by atoms with Gasteiger partial charge in [0.05, 0.1) is 12.0 Å². The molecule has 0 aliphatic heterocycles. The summed E-state index contributed by atoms with van der Waals surface area (Å²) in [6.07, 6.45) is 0. The first-order chi connectivity index (χ1) is 12.3. The molecule has 26 heavy (non-hydrogen) atoms. The lowest BCUT2D eigenvalue weighted by Crippen LogP contribution is -2.21. The minimum atomic E-state index is -0.807. The van der Waals surface area contributed by atoms with Gasteiger partial charge < -0.3 is 14.8 Å². The quantitative estimate of drug-likeness (QED) is 0.469. The molecule has 0 aromatic heterocycles. The van der Waals surface area contributed by atoms with Crippen molar-refractivity contribution in [1.82, 2.24) is 0 Å². The lowest BCUT2D eigenvalue weighted by Gasteiger charge is -2.10. The van der Waals surface area contributed by atoms with Gasteiger partial charge in [-0.25, -0.2) is 4.79 Å². The van der Waals surface area contributed by atoms with Crippen LogP contribution in [0.3, 0.4) is 0 Å².